The van der Waals surface area contributed by atoms with Crippen LogP contribution < -0.4 is 9.47 Å². The molecule has 0 aliphatic carbocycles. The van der Waals surface area contributed by atoms with Gasteiger partial charge in [-0.2, -0.15) is 9.97 Å². The Morgan fingerprint density at radius 1 is 1.29 bits per heavy atom. The monoisotopic (exact) mass is 304 g/mol. The molecule has 2 heterocycles. The lowest BCUT2D eigenvalue weighted by molar-refractivity contribution is 0.298. The zero-order valence-electron chi connectivity index (χ0n) is 11.4. The van der Waals surface area contributed by atoms with Gasteiger partial charge in [0.05, 0.1) is 25.5 Å². The van der Waals surface area contributed by atoms with Crippen LogP contribution in [0, 0.1) is 0 Å². The van der Waals surface area contributed by atoms with Crippen molar-refractivity contribution in [3.8, 4) is 11.8 Å². The van der Waals surface area contributed by atoms with E-state index in [1.807, 2.05) is 29.0 Å². The Balaban J connectivity index is 1.76. The molecule has 0 bridgehead atoms. The van der Waals surface area contributed by atoms with Gasteiger partial charge >= 0.3 is 6.01 Å². The summed E-state index contributed by atoms with van der Waals surface area (Å²) in [5, 5.41) is 1.13. The Hall–Kier alpha value is -2.34. The smallest absolute Gasteiger partial charge is 0.318 e. The van der Waals surface area contributed by atoms with Gasteiger partial charge in [-0.25, -0.2) is 4.98 Å². The predicted molar refractivity (Wildman–Crippen MR) is 78.8 cm³/mol. The average Bonchev–Trinajstić information content (AvgIpc) is 3.00. The van der Waals surface area contributed by atoms with Crippen molar-refractivity contribution in [2.45, 2.75) is 6.54 Å². The third-order valence-electron chi connectivity index (χ3n) is 2.96. The highest BCUT2D eigenvalue weighted by Gasteiger charge is 2.07. The molecule has 3 aromatic rings. The fraction of sp³-hybridized carbons (Fsp3) is 0.214. The van der Waals surface area contributed by atoms with E-state index in [0.29, 0.717) is 17.3 Å². The third kappa shape index (κ3) is 3.05. The summed E-state index contributed by atoms with van der Waals surface area (Å²) in [6.45, 7) is 1.27. The van der Waals surface area contributed by atoms with Crippen LogP contribution in [0.4, 0.5) is 0 Å². The van der Waals surface area contributed by atoms with Crippen molar-refractivity contribution in [3.63, 3.8) is 0 Å². The number of ether oxygens (including phenoxy) is 2. The van der Waals surface area contributed by atoms with Gasteiger partial charge in [0.25, 0.3) is 0 Å². The lowest BCUT2D eigenvalue weighted by atomic mass is 10.2. The molecule has 0 N–H and O–H groups in total. The summed E-state index contributed by atoms with van der Waals surface area (Å²) in [7, 11) is 1.50. The van der Waals surface area contributed by atoms with Crippen LogP contribution in [0.3, 0.4) is 0 Å². The molecule has 0 spiro atoms. The predicted octanol–water partition coefficient (Wildman–Crippen LogP) is 2.57. The van der Waals surface area contributed by atoms with E-state index < -0.39 is 0 Å². The third-order valence-corrected chi connectivity index (χ3v) is 3.25. The number of rotatable bonds is 5. The summed E-state index contributed by atoms with van der Waals surface area (Å²) in [6, 6.07) is 5.74. The van der Waals surface area contributed by atoms with Crippen LogP contribution in [0.15, 0.2) is 36.9 Å². The minimum absolute atomic E-state index is 0.239. The molecule has 0 fully saturated rings. The first-order valence-corrected chi connectivity index (χ1v) is 6.74. The first-order valence-electron chi connectivity index (χ1n) is 6.36. The molecular weight excluding hydrogens is 292 g/mol. The van der Waals surface area contributed by atoms with Crippen molar-refractivity contribution in [1.29, 1.82) is 0 Å². The van der Waals surface area contributed by atoms with E-state index in [9.17, 15) is 0 Å². The Labute approximate surface area is 126 Å². The van der Waals surface area contributed by atoms with E-state index in [1.54, 1.807) is 12.5 Å². The highest BCUT2D eigenvalue weighted by atomic mass is 35.5. The number of fused-ring (bicyclic) bond motifs is 1. The summed E-state index contributed by atoms with van der Waals surface area (Å²) in [5.74, 6) is 0.722. The van der Waals surface area contributed by atoms with Gasteiger partial charge < -0.3 is 14.0 Å². The van der Waals surface area contributed by atoms with Gasteiger partial charge in [-0.3, -0.25) is 0 Å². The van der Waals surface area contributed by atoms with Gasteiger partial charge in [0.2, 0.25) is 0 Å². The molecule has 108 valence electrons. The second-order valence-corrected chi connectivity index (χ2v) is 4.69. The summed E-state index contributed by atoms with van der Waals surface area (Å²) >= 11 is 6.08. The normalized spacial score (nSPS) is 10.8. The lowest BCUT2D eigenvalue weighted by Gasteiger charge is -2.08. The van der Waals surface area contributed by atoms with Crippen LogP contribution in [0.5, 0.6) is 11.8 Å². The average molecular weight is 305 g/mol. The summed E-state index contributed by atoms with van der Waals surface area (Å²) < 4.78 is 12.7. The molecule has 3 rings (SSSR count). The van der Waals surface area contributed by atoms with E-state index >= 15 is 0 Å². The summed E-state index contributed by atoms with van der Waals surface area (Å²) in [6.07, 6.45) is 5.38. The molecule has 0 radical (unpaired) electrons. The molecule has 6 nitrogen and oxygen atoms in total. The van der Waals surface area contributed by atoms with Gasteiger partial charge in [-0.1, -0.05) is 11.6 Å². The second-order valence-electron chi connectivity index (χ2n) is 4.33. The van der Waals surface area contributed by atoms with Crippen molar-refractivity contribution < 1.29 is 9.47 Å². The molecule has 0 aliphatic heterocycles. The zero-order chi connectivity index (χ0) is 14.7. The fourth-order valence-electron chi connectivity index (χ4n) is 1.92. The van der Waals surface area contributed by atoms with Crippen molar-refractivity contribution in [2.75, 3.05) is 13.7 Å². The molecular formula is C14H13ClN4O2. The molecule has 0 amide bonds. The van der Waals surface area contributed by atoms with Crippen LogP contribution in [0.2, 0.25) is 5.15 Å². The Bertz CT molecular complexity index is 746. The van der Waals surface area contributed by atoms with E-state index in [0.717, 1.165) is 17.7 Å². The van der Waals surface area contributed by atoms with Crippen molar-refractivity contribution in [1.82, 2.24) is 19.5 Å². The van der Waals surface area contributed by atoms with E-state index in [1.165, 1.54) is 7.11 Å². The number of hydrogen-bond acceptors (Lipinski definition) is 5. The Morgan fingerprint density at radius 2 is 2.19 bits per heavy atom. The number of aromatic nitrogens is 4. The Morgan fingerprint density at radius 3 is 2.95 bits per heavy atom. The second kappa shape index (κ2) is 5.97. The largest absolute Gasteiger partial charge is 0.492 e. The van der Waals surface area contributed by atoms with Crippen LogP contribution in [0.1, 0.15) is 0 Å². The SMILES string of the molecule is COc1nc(Cl)c2ccc(OCCn3ccnc3)cc2n1. The molecule has 0 saturated heterocycles. The standard InChI is InChI=1S/C14H13ClN4O2/c1-20-14-17-12-8-10(2-3-11(12)13(15)18-14)21-7-6-19-5-4-16-9-19/h2-5,8-9H,6-7H2,1H3. The quantitative estimate of drug-likeness (QED) is 0.678. The number of imidazole rings is 1. The van der Waals surface area contributed by atoms with Crippen molar-refractivity contribution in [3.05, 3.63) is 42.1 Å². The number of benzene rings is 1. The summed E-state index contributed by atoms with van der Waals surface area (Å²) in [5.41, 5.74) is 0.687. The maximum atomic E-state index is 6.08. The Kier molecular flexibility index (Phi) is 3.87. The van der Waals surface area contributed by atoms with Crippen LogP contribution in [-0.4, -0.2) is 33.2 Å². The van der Waals surface area contributed by atoms with E-state index in [2.05, 4.69) is 15.0 Å². The highest BCUT2D eigenvalue weighted by molar-refractivity contribution is 6.34. The fourth-order valence-corrected chi connectivity index (χ4v) is 2.15. The van der Waals surface area contributed by atoms with Crippen LogP contribution in [0.25, 0.3) is 10.9 Å². The van der Waals surface area contributed by atoms with Crippen molar-refractivity contribution in [2.24, 2.45) is 0 Å². The van der Waals surface area contributed by atoms with Gasteiger partial charge in [0.1, 0.15) is 17.5 Å². The first kappa shape index (κ1) is 13.6. The van der Waals surface area contributed by atoms with Crippen LogP contribution in [-0.2, 0) is 6.54 Å². The minimum Gasteiger partial charge on any atom is -0.492 e. The molecule has 0 atom stereocenters. The molecule has 0 saturated carbocycles. The molecule has 2 aromatic heterocycles. The number of hydrogen-bond donors (Lipinski definition) is 0. The zero-order valence-corrected chi connectivity index (χ0v) is 12.1. The lowest BCUT2D eigenvalue weighted by Crippen LogP contribution is -2.06. The minimum atomic E-state index is 0.239. The number of nitrogens with zero attached hydrogens (tertiary/aromatic N) is 4. The molecule has 21 heavy (non-hydrogen) atoms. The molecule has 0 aliphatic rings. The maximum absolute atomic E-state index is 6.08. The van der Waals surface area contributed by atoms with E-state index in [4.69, 9.17) is 21.1 Å². The summed E-state index contributed by atoms with van der Waals surface area (Å²) in [4.78, 5) is 12.3. The van der Waals surface area contributed by atoms with Gasteiger partial charge in [0, 0.05) is 23.8 Å². The van der Waals surface area contributed by atoms with Gasteiger partial charge in [-0.05, 0) is 12.1 Å². The number of halogens is 1. The molecule has 7 heteroatoms. The van der Waals surface area contributed by atoms with Crippen LogP contribution >= 0.6 is 11.6 Å². The topological polar surface area (TPSA) is 62.1 Å². The van der Waals surface area contributed by atoms with E-state index in [-0.39, 0.29) is 6.01 Å². The van der Waals surface area contributed by atoms with Gasteiger partial charge in [0.15, 0.2) is 0 Å². The van der Waals surface area contributed by atoms with Crippen molar-refractivity contribution >= 4 is 22.5 Å². The first-order chi connectivity index (χ1) is 10.3. The number of methoxy groups -OCH3 is 1. The molecule has 0 unspecified atom stereocenters. The maximum Gasteiger partial charge on any atom is 0.318 e. The highest BCUT2D eigenvalue weighted by Crippen LogP contribution is 2.26. The molecule has 1 aromatic carbocycles. The van der Waals surface area contributed by atoms with Gasteiger partial charge in [-0.15, -0.1) is 0 Å².